The van der Waals surface area contributed by atoms with Crippen LogP contribution >= 0.6 is 11.6 Å². The van der Waals surface area contributed by atoms with Crippen molar-refractivity contribution in [1.82, 2.24) is 10.6 Å². The van der Waals surface area contributed by atoms with Gasteiger partial charge in [-0.25, -0.2) is 9.18 Å². The van der Waals surface area contributed by atoms with E-state index < -0.39 is 17.5 Å². The zero-order chi connectivity index (χ0) is 16.6. The number of carbonyl (C=O) groups is 1. The molecule has 1 amide bonds. The van der Waals surface area contributed by atoms with Crippen LogP contribution in [0.2, 0.25) is 5.02 Å². The summed E-state index contributed by atoms with van der Waals surface area (Å²) in [5.41, 5.74) is 0.415. The molecule has 4 nitrogen and oxygen atoms in total. The topological polar surface area (TPSA) is 50.4 Å². The highest BCUT2D eigenvalue weighted by Crippen LogP contribution is 2.15. The number of hydrogen-bond acceptors (Lipinski definition) is 3. The average molecular weight is 329 g/mol. The van der Waals surface area contributed by atoms with Crippen LogP contribution in [-0.2, 0) is 11.3 Å². The molecule has 0 aromatic heterocycles. The Labute approximate surface area is 135 Å². The van der Waals surface area contributed by atoms with E-state index in [4.69, 9.17) is 16.3 Å². The Balaban J connectivity index is 2.16. The second kappa shape index (κ2) is 8.76. The Morgan fingerprint density at radius 3 is 2.64 bits per heavy atom. The number of carbonyl (C=O) groups excluding carboxylic acids is 1. The van der Waals surface area contributed by atoms with Crippen LogP contribution in [0, 0.1) is 5.82 Å². The Kier molecular flexibility index (Phi) is 7.35. The molecule has 1 rings (SSSR count). The third-order valence-corrected chi connectivity index (χ3v) is 2.79. The molecule has 0 radical (unpaired) electrons. The highest BCUT2D eigenvalue weighted by atomic mass is 35.5. The summed E-state index contributed by atoms with van der Waals surface area (Å²) in [5.74, 6) is -0.418. The summed E-state index contributed by atoms with van der Waals surface area (Å²) in [6.45, 7) is 7.06. The predicted octanol–water partition coefficient (Wildman–Crippen LogP) is 3.65. The van der Waals surface area contributed by atoms with E-state index in [9.17, 15) is 9.18 Å². The fourth-order valence-corrected chi connectivity index (χ4v) is 1.78. The van der Waals surface area contributed by atoms with Crippen molar-refractivity contribution >= 4 is 17.7 Å². The maximum atomic E-state index is 13.0. The summed E-state index contributed by atoms with van der Waals surface area (Å²) in [4.78, 5) is 11.4. The maximum Gasteiger partial charge on any atom is 0.407 e. The normalized spacial score (nSPS) is 11.7. The molecule has 0 atom stereocenters. The van der Waals surface area contributed by atoms with Gasteiger partial charge in [-0.1, -0.05) is 29.8 Å². The van der Waals surface area contributed by atoms with Crippen molar-refractivity contribution in [2.24, 2.45) is 0 Å². The van der Waals surface area contributed by atoms with E-state index in [1.54, 1.807) is 12.1 Å². The van der Waals surface area contributed by atoms with Crippen LogP contribution in [0.1, 0.15) is 26.3 Å². The lowest BCUT2D eigenvalue weighted by atomic mass is 10.2. The van der Waals surface area contributed by atoms with Gasteiger partial charge in [-0.3, -0.25) is 0 Å². The minimum Gasteiger partial charge on any atom is -0.444 e. The lowest BCUT2D eigenvalue weighted by Crippen LogP contribution is -2.32. The standard InChI is InChI=1S/C16H22ClFN2O2/c1-16(2,3)22-15(21)20-9-5-4-8-19-11-12-6-7-14(18)13(17)10-12/h4-7,10,19H,8-9,11H2,1-3H3,(H,20,21)/b5-4+. The monoisotopic (exact) mass is 328 g/mol. The summed E-state index contributed by atoms with van der Waals surface area (Å²) in [7, 11) is 0. The van der Waals surface area contributed by atoms with E-state index in [0.717, 1.165) is 5.56 Å². The molecule has 6 heteroatoms. The first-order valence-corrected chi connectivity index (χ1v) is 7.42. The Morgan fingerprint density at radius 1 is 1.32 bits per heavy atom. The molecule has 0 bridgehead atoms. The summed E-state index contributed by atoms with van der Waals surface area (Å²) < 4.78 is 18.1. The molecule has 22 heavy (non-hydrogen) atoms. The van der Waals surface area contributed by atoms with Crippen molar-refractivity contribution in [3.63, 3.8) is 0 Å². The summed E-state index contributed by atoms with van der Waals surface area (Å²) in [6.07, 6.45) is 3.28. The molecular formula is C16H22ClFN2O2. The van der Waals surface area contributed by atoms with Crippen molar-refractivity contribution < 1.29 is 13.9 Å². The van der Waals surface area contributed by atoms with E-state index >= 15 is 0 Å². The van der Waals surface area contributed by atoms with Gasteiger partial charge in [-0.15, -0.1) is 0 Å². The molecule has 0 saturated heterocycles. The van der Waals surface area contributed by atoms with Gasteiger partial charge in [0.25, 0.3) is 0 Å². The summed E-state index contributed by atoms with van der Waals surface area (Å²) in [6, 6.07) is 4.62. The van der Waals surface area contributed by atoms with Gasteiger partial charge < -0.3 is 15.4 Å². The largest absolute Gasteiger partial charge is 0.444 e. The van der Waals surface area contributed by atoms with Crippen LogP contribution in [-0.4, -0.2) is 24.8 Å². The van der Waals surface area contributed by atoms with Gasteiger partial charge in [0, 0.05) is 19.6 Å². The smallest absolute Gasteiger partial charge is 0.407 e. The third kappa shape index (κ3) is 8.00. The third-order valence-electron chi connectivity index (χ3n) is 2.51. The van der Waals surface area contributed by atoms with Crippen LogP contribution in [0.5, 0.6) is 0 Å². The van der Waals surface area contributed by atoms with Crippen molar-refractivity contribution in [1.29, 1.82) is 0 Å². The molecule has 0 aliphatic heterocycles. The Hall–Kier alpha value is -1.59. The first-order valence-electron chi connectivity index (χ1n) is 7.04. The van der Waals surface area contributed by atoms with Gasteiger partial charge in [-0.2, -0.15) is 0 Å². The maximum absolute atomic E-state index is 13.0. The number of halogens is 2. The SMILES string of the molecule is CC(C)(C)OC(=O)NC/C=C/CNCc1ccc(F)c(Cl)c1. The molecule has 0 aliphatic rings. The molecule has 0 heterocycles. The molecule has 0 aliphatic carbocycles. The summed E-state index contributed by atoms with van der Waals surface area (Å²) in [5, 5.41) is 5.91. The number of benzene rings is 1. The van der Waals surface area contributed by atoms with Crippen LogP contribution in [0.15, 0.2) is 30.4 Å². The van der Waals surface area contributed by atoms with E-state index in [1.165, 1.54) is 6.07 Å². The van der Waals surface area contributed by atoms with Gasteiger partial charge in [0.15, 0.2) is 0 Å². The summed E-state index contributed by atoms with van der Waals surface area (Å²) >= 11 is 5.70. The molecule has 2 N–H and O–H groups in total. The molecule has 0 saturated carbocycles. The van der Waals surface area contributed by atoms with Gasteiger partial charge >= 0.3 is 6.09 Å². The second-order valence-electron chi connectivity index (χ2n) is 5.73. The number of nitrogens with one attached hydrogen (secondary N) is 2. The first-order chi connectivity index (χ1) is 10.3. The van der Waals surface area contributed by atoms with Gasteiger partial charge in [0.2, 0.25) is 0 Å². The molecular weight excluding hydrogens is 307 g/mol. The number of rotatable bonds is 6. The van der Waals surface area contributed by atoms with Gasteiger partial charge in [-0.05, 0) is 38.5 Å². The first kappa shape index (κ1) is 18.5. The predicted molar refractivity (Wildman–Crippen MR) is 86.5 cm³/mol. The van der Waals surface area contributed by atoms with Crippen LogP contribution in [0.25, 0.3) is 0 Å². The average Bonchev–Trinajstić information content (AvgIpc) is 2.39. The molecule has 122 valence electrons. The zero-order valence-electron chi connectivity index (χ0n) is 13.1. The molecule has 1 aromatic carbocycles. The number of ether oxygens (including phenoxy) is 1. The Bertz CT molecular complexity index is 527. The highest BCUT2D eigenvalue weighted by molar-refractivity contribution is 6.30. The van der Waals surface area contributed by atoms with E-state index in [-0.39, 0.29) is 5.02 Å². The molecule has 0 unspecified atom stereocenters. The van der Waals surface area contributed by atoms with Crippen molar-refractivity contribution in [2.75, 3.05) is 13.1 Å². The van der Waals surface area contributed by atoms with Gasteiger partial charge in [0.1, 0.15) is 11.4 Å². The minimum atomic E-state index is -0.494. The molecule has 1 aromatic rings. The highest BCUT2D eigenvalue weighted by Gasteiger charge is 2.14. The number of alkyl carbamates (subject to hydrolysis) is 1. The van der Waals surface area contributed by atoms with Crippen molar-refractivity contribution in [3.8, 4) is 0 Å². The molecule has 0 spiro atoms. The van der Waals surface area contributed by atoms with Gasteiger partial charge in [0.05, 0.1) is 5.02 Å². The molecule has 0 fully saturated rings. The zero-order valence-corrected chi connectivity index (χ0v) is 13.8. The second-order valence-corrected chi connectivity index (χ2v) is 6.14. The number of amides is 1. The fraction of sp³-hybridized carbons (Fsp3) is 0.438. The fourth-order valence-electron chi connectivity index (χ4n) is 1.57. The van der Waals surface area contributed by atoms with E-state index in [1.807, 2.05) is 32.9 Å². The van der Waals surface area contributed by atoms with Crippen molar-refractivity contribution in [2.45, 2.75) is 32.9 Å². The van der Waals surface area contributed by atoms with Crippen LogP contribution in [0.3, 0.4) is 0 Å². The number of hydrogen-bond donors (Lipinski definition) is 2. The van der Waals surface area contributed by atoms with Crippen LogP contribution in [0.4, 0.5) is 9.18 Å². The quantitative estimate of drug-likeness (QED) is 0.619. The lowest BCUT2D eigenvalue weighted by molar-refractivity contribution is 0.0534. The van der Waals surface area contributed by atoms with E-state index in [2.05, 4.69) is 10.6 Å². The minimum absolute atomic E-state index is 0.122. The van der Waals surface area contributed by atoms with Crippen LogP contribution < -0.4 is 10.6 Å². The lowest BCUT2D eigenvalue weighted by Gasteiger charge is -2.19. The van der Waals surface area contributed by atoms with E-state index in [0.29, 0.717) is 19.6 Å². The van der Waals surface area contributed by atoms with Crippen molar-refractivity contribution in [3.05, 3.63) is 46.8 Å². The Morgan fingerprint density at radius 2 is 2.00 bits per heavy atom.